The van der Waals surface area contributed by atoms with Crippen molar-refractivity contribution in [3.63, 3.8) is 0 Å². The first kappa shape index (κ1) is 17.7. The van der Waals surface area contributed by atoms with Crippen LogP contribution >= 0.6 is 0 Å². The molecule has 142 valence electrons. The lowest BCUT2D eigenvalue weighted by molar-refractivity contribution is 0.102. The molecule has 0 fully saturated rings. The molecule has 2 aromatic carbocycles. The molecule has 0 aliphatic carbocycles. The number of aromatic nitrogens is 2. The number of nitrogens with one attached hydrogen (secondary N) is 2. The molecule has 0 spiro atoms. The van der Waals surface area contributed by atoms with Crippen molar-refractivity contribution in [2.45, 2.75) is 6.92 Å². The summed E-state index contributed by atoms with van der Waals surface area (Å²) in [5.74, 6) is -1.09. The molecule has 1 amide bonds. The van der Waals surface area contributed by atoms with E-state index in [-0.39, 0.29) is 18.4 Å². The Kier molecular flexibility index (Phi) is 4.48. The summed E-state index contributed by atoms with van der Waals surface area (Å²) in [4.78, 5) is 20.7. The van der Waals surface area contributed by atoms with E-state index in [4.69, 9.17) is 9.47 Å². The molecule has 7 nitrogen and oxygen atoms in total. The van der Waals surface area contributed by atoms with Crippen molar-refractivity contribution in [3.05, 3.63) is 65.5 Å². The van der Waals surface area contributed by atoms with Gasteiger partial charge in [-0.2, -0.15) is 0 Å². The van der Waals surface area contributed by atoms with Crippen LogP contribution in [0.3, 0.4) is 0 Å². The van der Waals surface area contributed by atoms with Crippen LogP contribution in [0.15, 0.2) is 42.5 Å². The molecule has 0 bridgehead atoms. The van der Waals surface area contributed by atoms with E-state index in [1.54, 1.807) is 25.1 Å². The second-order valence-corrected chi connectivity index (χ2v) is 5.96. The molecule has 3 aromatic rings. The molecular formula is C19H14F2N4O3. The number of amides is 1. The summed E-state index contributed by atoms with van der Waals surface area (Å²) in [6.07, 6.45) is 0. The Labute approximate surface area is 158 Å². The molecule has 9 heteroatoms. The van der Waals surface area contributed by atoms with Gasteiger partial charge in [0.1, 0.15) is 23.0 Å². The number of carbonyl (C=O) groups excluding carboxylic acids is 1. The molecule has 4 rings (SSSR count). The van der Waals surface area contributed by atoms with Gasteiger partial charge in [0.25, 0.3) is 5.91 Å². The van der Waals surface area contributed by atoms with Gasteiger partial charge in [-0.3, -0.25) is 4.79 Å². The van der Waals surface area contributed by atoms with Crippen molar-refractivity contribution >= 4 is 23.2 Å². The minimum Gasteiger partial charge on any atom is -0.454 e. The Hall–Kier alpha value is -3.75. The highest BCUT2D eigenvalue weighted by atomic mass is 19.1. The lowest BCUT2D eigenvalue weighted by atomic mass is 10.2. The van der Waals surface area contributed by atoms with Gasteiger partial charge in [0.2, 0.25) is 12.7 Å². The van der Waals surface area contributed by atoms with Gasteiger partial charge in [0.15, 0.2) is 11.5 Å². The molecular weight excluding hydrogens is 370 g/mol. The van der Waals surface area contributed by atoms with E-state index < -0.39 is 23.2 Å². The van der Waals surface area contributed by atoms with Crippen molar-refractivity contribution < 1.29 is 23.0 Å². The van der Waals surface area contributed by atoms with Gasteiger partial charge >= 0.3 is 0 Å². The maximum Gasteiger partial charge on any atom is 0.274 e. The normalized spacial score (nSPS) is 12.0. The molecule has 1 aliphatic rings. The number of aryl methyl sites for hydroxylation is 1. The van der Waals surface area contributed by atoms with Crippen LogP contribution in [0, 0.1) is 18.6 Å². The number of rotatable bonds is 4. The molecule has 1 aliphatic heterocycles. The maximum atomic E-state index is 13.8. The van der Waals surface area contributed by atoms with Crippen LogP contribution in [0.1, 0.15) is 16.2 Å². The Morgan fingerprint density at radius 1 is 1.04 bits per heavy atom. The van der Waals surface area contributed by atoms with Crippen molar-refractivity contribution in [1.82, 2.24) is 9.97 Å². The molecule has 2 heterocycles. The number of fused-ring (bicyclic) bond motifs is 1. The van der Waals surface area contributed by atoms with Gasteiger partial charge in [0, 0.05) is 17.4 Å². The molecule has 0 atom stereocenters. The highest BCUT2D eigenvalue weighted by Crippen LogP contribution is 2.34. The Morgan fingerprint density at radius 2 is 1.79 bits per heavy atom. The highest BCUT2D eigenvalue weighted by molar-refractivity contribution is 6.03. The number of hydrogen-bond acceptors (Lipinski definition) is 6. The summed E-state index contributed by atoms with van der Waals surface area (Å²) in [7, 11) is 0. The zero-order valence-corrected chi connectivity index (χ0v) is 14.6. The first-order chi connectivity index (χ1) is 13.5. The van der Waals surface area contributed by atoms with Crippen LogP contribution in [0.25, 0.3) is 0 Å². The van der Waals surface area contributed by atoms with Crippen LogP contribution in [0.2, 0.25) is 0 Å². The number of halogens is 2. The highest BCUT2D eigenvalue weighted by Gasteiger charge is 2.17. The minimum absolute atomic E-state index is 0.0319. The second kappa shape index (κ2) is 7.10. The number of ether oxygens (including phenoxy) is 2. The summed E-state index contributed by atoms with van der Waals surface area (Å²) in [6.45, 7) is 1.77. The lowest BCUT2D eigenvalue weighted by Gasteiger charge is -2.10. The Morgan fingerprint density at radius 3 is 2.57 bits per heavy atom. The average Bonchev–Trinajstić information content (AvgIpc) is 3.12. The van der Waals surface area contributed by atoms with Crippen molar-refractivity contribution in [1.29, 1.82) is 0 Å². The first-order valence-corrected chi connectivity index (χ1v) is 8.27. The van der Waals surface area contributed by atoms with Gasteiger partial charge in [-0.05, 0) is 37.3 Å². The van der Waals surface area contributed by atoms with Gasteiger partial charge in [-0.1, -0.05) is 6.07 Å². The summed E-state index contributed by atoms with van der Waals surface area (Å²) in [6, 6.07) is 9.89. The van der Waals surface area contributed by atoms with E-state index >= 15 is 0 Å². The van der Waals surface area contributed by atoms with E-state index in [1.807, 2.05) is 0 Å². The predicted molar refractivity (Wildman–Crippen MR) is 96.9 cm³/mol. The molecule has 0 saturated heterocycles. The molecule has 1 aromatic heterocycles. The largest absolute Gasteiger partial charge is 0.454 e. The third-order valence-electron chi connectivity index (χ3n) is 3.92. The van der Waals surface area contributed by atoms with Crippen LogP contribution in [0.4, 0.5) is 26.1 Å². The number of carbonyl (C=O) groups is 1. The zero-order valence-electron chi connectivity index (χ0n) is 14.6. The Bertz CT molecular complexity index is 1050. The fourth-order valence-corrected chi connectivity index (χ4v) is 2.64. The van der Waals surface area contributed by atoms with E-state index in [0.717, 1.165) is 12.1 Å². The predicted octanol–water partition coefficient (Wildman–Crippen LogP) is 3.79. The van der Waals surface area contributed by atoms with Gasteiger partial charge in [-0.25, -0.2) is 18.7 Å². The number of hydrogen-bond donors (Lipinski definition) is 2. The quantitative estimate of drug-likeness (QED) is 0.712. The zero-order chi connectivity index (χ0) is 19.7. The van der Waals surface area contributed by atoms with E-state index in [1.165, 1.54) is 12.1 Å². The third-order valence-corrected chi connectivity index (χ3v) is 3.92. The van der Waals surface area contributed by atoms with Gasteiger partial charge in [-0.15, -0.1) is 0 Å². The van der Waals surface area contributed by atoms with Crippen molar-refractivity contribution in [2.75, 3.05) is 17.4 Å². The fraction of sp³-hybridized carbons (Fsp3) is 0.105. The number of benzene rings is 2. The van der Waals surface area contributed by atoms with Crippen LogP contribution in [-0.2, 0) is 0 Å². The Balaban J connectivity index is 1.57. The standard InChI is InChI=1S/C19H14F2N4O3/c1-10-7-14(18(26)23-11-5-6-15-16(8-11)28-9-27-15)24-19(22-10)25-17-12(20)3-2-4-13(17)21/h2-8H,9H2,1H3,(H,23,26)(H,22,24,25). The SMILES string of the molecule is Cc1cc(C(=O)Nc2ccc3c(c2)OCO3)nc(Nc2c(F)cccc2F)n1. The van der Waals surface area contributed by atoms with Gasteiger partial charge < -0.3 is 20.1 Å². The van der Waals surface area contributed by atoms with Gasteiger partial charge in [0.05, 0.1) is 0 Å². The van der Waals surface area contributed by atoms with Crippen LogP contribution in [-0.4, -0.2) is 22.7 Å². The smallest absolute Gasteiger partial charge is 0.274 e. The molecule has 0 unspecified atom stereocenters. The minimum atomic E-state index is -0.795. The molecule has 2 N–H and O–H groups in total. The number of nitrogens with zero attached hydrogens (tertiary/aromatic N) is 2. The number of para-hydroxylation sites is 1. The maximum absolute atomic E-state index is 13.8. The molecule has 0 saturated carbocycles. The topological polar surface area (TPSA) is 85.4 Å². The average molecular weight is 384 g/mol. The molecule has 28 heavy (non-hydrogen) atoms. The monoisotopic (exact) mass is 384 g/mol. The number of anilines is 3. The van der Waals surface area contributed by atoms with E-state index in [9.17, 15) is 13.6 Å². The van der Waals surface area contributed by atoms with Crippen LogP contribution in [0.5, 0.6) is 11.5 Å². The summed E-state index contributed by atoms with van der Waals surface area (Å²) >= 11 is 0. The fourth-order valence-electron chi connectivity index (χ4n) is 2.64. The first-order valence-electron chi connectivity index (χ1n) is 8.27. The van der Waals surface area contributed by atoms with Crippen molar-refractivity contribution in [2.24, 2.45) is 0 Å². The molecule has 0 radical (unpaired) electrons. The third kappa shape index (κ3) is 3.54. The van der Waals surface area contributed by atoms with E-state index in [2.05, 4.69) is 20.6 Å². The van der Waals surface area contributed by atoms with E-state index in [0.29, 0.717) is 22.9 Å². The summed E-state index contributed by atoms with van der Waals surface area (Å²) < 4.78 is 38.2. The van der Waals surface area contributed by atoms with Crippen molar-refractivity contribution in [3.8, 4) is 11.5 Å². The second-order valence-electron chi connectivity index (χ2n) is 5.96. The summed E-state index contributed by atoms with van der Waals surface area (Å²) in [5, 5.41) is 5.17. The van der Waals surface area contributed by atoms with Crippen LogP contribution < -0.4 is 20.1 Å². The summed E-state index contributed by atoms with van der Waals surface area (Å²) in [5.41, 5.74) is 0.574. The lowest BCUT2D eigenvalue weighted by Crippen LogP contribution is -2.15.